The number of pyridine rings is 1. The first-order valence-corrected chi connectivity index (χ1v) is 8.00. The molecule has 7 heteroatoms. The van der Waals surface area contributed by atoms with Crippen LogP contribution in [0.2, 0.25) is 0 Å². The number of benzene rings is 1. The second-order valence-electron chi connectivity index (χ2n) is 4.54. The molecule has 2 aromatic rings. The van der Waals surface area contributed by atoms with Crippen LogP contribution in [0.25, 0.3) is 0 Å². The number of esters is 1. The van der Waals surface area contributed by atoms with E-state index in [2.05, 4.69) is 10.3 Å². The molecule has 0 spiro atoms. The van der Waals surface area contributed by atoms with E-state index in [1.54, 1.807) is 36.7 Å². The maximum atomic E-state index is 12.8. The Morgan fingerprint density at radius 1 is 1.26 bits per heavy atom. The number of thioether (sulfide) groups is 1. The van der Waals surface area contributed by atoms with Crippen molar-refractivity contribution in [3.63, 3.8) is 0 Å². The number of ether oxygens (including phenoxy) is 1. The Balaban J connectivity index is 1.82. The zero-order valence-corrected chi connectivity index (χ0v) is 13.2. The van der Waals surface area contributed by atoms with E-state index in [1.165, 1.54) is 23.9 Å². The third-order valence-electron chi connectivity index (χ3n) is 2.92. The number of carbonyl (C=O) groups is 2. The lowest BCUT2D eigenvalue weighted by atomic mass is 10.2. The zero-order valence-electron chi connectivity index (χ0n) is 12.4. The van der Waals surface area contributed by atoms with E-state index in [0.717, 1.165) is 5.56 Å². The standard InChI is InChI=1S/C16H15FN2O3S/c1-23-15-13(3-2-8-18-15)16(21)22-10-14(20)19-9-11-4-6-12(17)7-5-11/h2-8H,9-10H2,1H3,(H,19,20). The van der Waals surface area contributed by atoms with E-state index >= 15 is 0 Å². The van der Waals surface area contributed by atoms with Crippen molar-refractivity contribution in [2.75, 3.05) is 12.9 Å². The lowest BCUT2D eigenvalue weighted by Crippen LogP contribution is -2.28. The summed E-state index contributed by atoms with van der Waals surface area (Å²) in [4.78, 5) is 27.7. The van der Waals surface area contributed by atoms with Crippen molar-refractivity contribution in [1.82, 2.24) is 10.3 Å². The zero-order chi connectivity index (χ0) is 16.7. The number of hydrogen-bond donors (Lipinski definition) is 1. The van der Waals surface area contributed by atoms with Crippen LogP contribution in [0.15, 0.2) is 47.6 Å². The van der Waals surface area contributed by atoms with Gasteiger partial charge < -0.3 is 10.1 Å². The van der Waals surface area contributed by atoms with Gasteiger partial charge in [-0.05, 0) is 36.1 Å². The Hall–Kier alpha value is -2.41. The van der Waals surface area contributed by atoms with Gasteiger partial charge in [-0.15, -0.1) is 11.8 Å². The van der Waals surface area contributed by atoms with Gasteiger partial charge in [0.25, 0.3) is 5.91 Å². The van der Waals surface area contributed by atoms with Crippen LogP contribution in [0, 0.1) is 5.82 Å². The highest BCUT2D eigenvalue weighted by atomic mass is 32.2. The van der Waals surface area contributed by atoms with Gasteiger partial charge in [-0.1, -0.05) is 12.1 Å². The van der Waals surface area contributed by atoms with Crippen LogP contribution < -0.4 is 5.32 Å². The number of carbonyl (C=O) groups excluding carboxylic acids is 2. The van der Waals surface area contributed by atoms with Crippen molar-refractivity contribution in [3.05, 3.63) is 59.5 Å². The minimum atomic E-state index is -0.598. The fourth-order valence-electron chi connectivity index (χ4n) is 1.77. The van der Waals surface area contributed by atoms with Gasteiger partial charge in [0.15, 0.2) is 6.61 Å². The highest BCUT2D eigenvalue weighted by Crippen LogP contribution is 2.17. The predicted molar refractivity (Wildman–Crippen MR) is 84.5 cm³/mol. The summed E-state index contributed by atoms with van der Waals surface area (Å²) in [5, 5.41) is 3.14. The fourth-order valence-corrected chi connectivity index (χ4v) is 2.31. The van der Waals surface area contributed by atoms with Crippen molar-refractivity contribution < 1.29 is 18.7 Å². The van der Waals surface area contributed by atoms with Crippen LogP contribution in [-0.2, 0) is 16.1 Å². The van der Waals surface area contributed by atoms with Crippen LogP contribution in [0.5, 0.6) is 0 Å². The van der Waals surface area contributed by atoms with Crippen molar-refractivity contribution in [2.24, 2.45) is 0 Å². The first-order valence-electron chi connectivity index (χ1n) is 6.77. The first-order chi connectivity index (χ1) is 11.1. The highest BCUT2D eigenvalue weighted by Gasteiger charge is 2.14. The molecule has 1 aromatic carbocycles. The minimum Gasteiger partial charge on any atom is -0.452 e. The minimum absolute atomic E-state index is 0.236. The van der Waals surface area contributed by atoms with Crippen molar-refractivity contribution in [2.45, 2.75) is 11.6 Å². The quantitative estimate of drug-likeness (QED) is 0.649. The number of nitrogens with zero attached hydrogens (tertiary/aromatic N) is 1. The summed E-state index contributed by atoms with van der Waals surface area (Å²) in [6.45, 7) is -0.150. The molecule has 0 saturated heterocycles. The highest BCUT2D eigenvalue weighted by molar-refractivity contribution is 7.98. The SMILES string of the molecule is CSc1ncccc1C(=O)OCC(=O)NCc1ccc(F)cc1. The molecule has 0 aliphatic carbocycles. The number of rotatable bonds is 6. The molecule has 0 radical (unpaired) electrons. The summed E-state index contributed by atoms with van der Waals surface area (Å²) in [7, 11) is 0. The van der Waals surface area contributed by atoms with E-state index in [4.69, 9.17) is 4.74 Å². The molecule has 0 aliphatic rings. The van der Waals surface area contributed by atoms with Gasteiger partial charge in [-0.2, -0.15) is 0 Å². The van der Waals surface area contributed by atoms with Crippen LogP contribution in [0.3, 0.4) is 0 Å². The molecular weight excluding hydrogens is 319 g/mol. The van der Waals surface area contributed by atoms with Gasteiger partial charge in [0.1, 0.15) is 10.8 Å². The molecule has 5 nitrogen and oxygen atoms in total. The summed E-state index contributed by atoms with van der Waals surface area (Å²) >= 11 is 1.32. The second-order valence-corrected chi connectivity index (χ2v) is 5.33. The Morgan fingerprint density at radius 2 is 2.00 bits per heavy atom. The Morgan fingerprint density at radius 3 is 2.70 bits per heavy atom. The van der Waals surface area contributed by atoms with E-state index in [-0.39, 0.29) is 19.0 Å². The summed E-state index contributed by atoms with van der Waals surface area (Å²) in [5.41, 5.74) is 1.08. The van der Waals surface area contributed by atoms with Gasteiger partial charge in [-0.3, -0.25) is 4.79 Å². The Kier molecular flexibility index (Phi) is 6.10. The van der Waals surface area contributed by atoms with Crippen molar-refractivity contribution in [1.29, 1.82) is 0 Å². The van der Waals surface area contributed by atoms with E-state index in [9.17, 15) is 14.0 Å². The van der Waals surface area contributed by atoms with Crippen LogP contribution >= 0.6 is 11.8 Å². The summed E-state index contributed by atoms with van der Waals surface area (Å²) < 4.78 is 17.7. The van der Waals surface area contributed by atoms with Crippen molar-refractivity contribution in [3.8, 4) is 0 Å². The van der Waals surface area contributed by atoms with E-state index < -0.39 is 11.9 Å². The summed E-state index contributed by atoms with van der Waals surface area (Å²) in [6.07, 6.45) is 3.38. The van der Waals surface area contributed by atoms with Gasteiger partial charge in [0.05, 0.1) is 5.56 Å². The lowest BCUT2D eigenvalue weighted by Gasteiger charge is -2.08. The fraction of sp³-hybridized carbons (Fsp3) is 0.188. The molecule has 0 bridgehead atoms. The predicted octanol–water partition coefficient (Wildman–Crippen LogP) is 2.42. The molecule has 0 unspecified atom stereocenters. The maximum Gasteiger partial charge on any atom is 0.341 e. The second kappa shape index (κ2) is 8.28. The molecule has 2 rings (SSSR count). The van der Waals surface area contributed by atoms with Gasteiger partial charge >= 0.3 is 5.97 Å². The van der Waals surface area contributed by atoms with Crippen LogP contribution in [0.4, 0.5) is 4.39 Å². The average Bonchev–Trinajstić information content (AvgIpc) is 2.59. The number of halogens is 1. The number of amides is 1. The molecule has 1 amide bonds. The number of hydrogen-bond acceptors (Lipinski definition) is 5. The largest absolute Gasteiger partial charge is 0.452 e. The van der Waals surface area contributed by atoms with E-state index in [0.29, 0.717) is 10.6 Å². The lowest BCUT2D eigenvalue weighted by molar-refractivity contribution is -0.124. The van der Waals surface area contributed by atoms with Crippen molar-refractivity contribution >= 4 is 23.6 Å². The average molecular weight is 334 g/mol. The van der Waals surface area contributed by atoms with Gasteiger partial charge in [0.2, 0.25) is 0 Å². The number of nitrogens with one attached hydrogen (secondary N) is 1. The Labute approximate surface area is 137 Å². The third kappa shape index (κ3) is 5.07. The summed E-state index contributed by atoms with van der Waals surface area (Å²) in [6, 6.07) is 8.99. The Bertz CT molecular complexity index is 692. The molecule has 0 fully saturated rings. The summed E-state index contributed by atoms with van der Waals surface area (Å²) in [5.74, 6) is -1.37. The van der Waals surface area contributed by atoms with E-state index in [1.807, 2.05) is 0 Å². The molecule has 0 aliphatic heterocycles. The van der Waals surface area contributed by atoms with Gasteiger partial charge in [-0.25, -0.2) is 14.2 Å². The molecule has 1 aromatic heterocycles. The smallest absolute Gasteiger partial charge is 0.341 e. The molecule has 1 heterocycles. The normalized spacial score (nSPS) is 10.2. The van der Waals surface area contributed by atoms with Gasteiger partial charge in [0, 0.05) is 12.7 Å². The third-order valence-corrected chi connectivity index (χ3v) is 3.63. The first kappa shape index (κ1) is 17.0. The maximum absolute atomic E-state index is 12.8. The molecule has 1 N–H and O–H groups in total. The number of aromatic nitrogens is 1. The molecule has 0 atom stereocenters. The van der Waals surface area contributed by atoms with Crippen LogP contribution in [-0.4, -0.2) is 29.7 Å². The molecule has 23 heavy (non-hydrogen) atoms. The monoisotopic (exact) mass is 334 g/mol. The topological polar surface area (TPSA) is 68.3 Å². The molecule has 120 valence electrons. The molecular formula is C16H15FN2O3S. The van der Waals surface area contributed by atoms with Crippen LogP contribution in [0.1, 0.15) is 15.9 Å². The molecule has 0 saturated carbocycles.